The molecule has 2 heteroatoms. The molecule has 0 fully saturated rings. The Morgan fingerprint density at radius 2 is 1.14 bits per heavy atom. The minimum atomic E-state index is 1.17. The Morgan fingerprint density at radius 3 is 1.36 bits per heavy atom. The Balaban J connectivity index is 0.000000140. The molecule has 0 aromatic heterocycles. The molecule has 14 heavy (non-hydrogen) atoms. The van der Waals surface area contributed by atoms with E-state index in [1.54, 1.807) is 0 Å². The molecule has 2 rings (SSSR count). The molecule has 0 nitrogen and oxygen atoms in total. The molecule has 0 unspecified atom stereocenters. The van der Waals surface area contributed by atoms with Gasteiger partial charge >= 0.3 is 113 Å². The zero-order valence-electron chi connectivity index (χ0n) is 8.77. The van der Waals surface area contributed by atoms with Gasteiger partial charge in [0, 0.05) is 0 Å². The van der Waals surface area contributed by atoms with Crippen molar-refractivity contribution in [1.29, 1.82) is 0 Å². The third-order valence-electron chi connectivity index (χ3n) is 1.88. The Hall–Kier alpha value is 0.0374. The van der Waals surface area contributed by atoms with Crippen LogP contribution in [0.1, 0.15) is 0 Å². The zero-order chi connectivity index (χ0) is 10.2. The van der Waals surface area contributed by atoms with Gasteiger partial charge in [-0.05, 0) is 0 Å². The number of hydrogen-bond donors (Lipinski definition) is 0. The van der Waals surface area contributed by atoms with Gasteiger partial charge in [-0.3, -0.25) is 0 Å². The summed E-state index contributed by atoms with van der Waals surface area (Å²) in [5.41, 5.74) is 0. The SMILES string of the molecule is [Li][c]1ccccc1.[Na][c]1ccccc1. The van der Waals surface area contributed by atoms with Gasteiger partial charge in [-0.25, -0.2) is 0 Å². The maximum absolute atomic E-state index is 2.15. The molecule has 0 N–H and O–H groups in total. The van der Waals surface area contributed by atoms with Crippen LogP contribution in [0.3, 0.4) is 0 Å². The quantitative estimate of drug-likeness (QED) is 0.535. The van der Waals surface area contributed by atoms with Gasteiger partial charge in [0.15, 0.2) is 0 Å². The Labute approximate surface area is 112 Å². The van der Waals surface area contributed by atoms with Crippen LogP contribution in [-0.4, -0.2) is 45.6 Å². The van der Waals surface area contributed by atoms with E-state index in [0.29, 0.717) is 0 Å². The molecule has 0 bridgehead atoms. The first-order chi connectivity index (χ1) is 6.79. The average molecular weight is 184 g/mol. The summed E-state index contributed by atoms with van der Waals surface area (Å²) in [6.07, 6.45) is 0. The molecule has 0 heterocycles. The van der Waals surface area contributed by atoms with E-state index < -0.39 is 0 Å². The number of rotatable bonds is 0. The molecule has 0 radical (unpaired) electrons. The Kier molecular flexibility index (Phi) is 6.35. The average Bonchev–Trinajstić information content (AvgIpc) is 2.21. The summed E-state index contributed by atoms with van der Waals surface area (Å²) < 4.78 is 2.78. The topological polar surface area (TPSA) is 0 Å². The van der Waals surface area contributed by atoms with Crippen molar-refractivity contribution in [1.82, 2.24) is 0 Å². The summed E-state index contributed by atoms with van der Waals surface area (Å²) in [7, 11) is 0. The van der Waals surface area contributed by atoms with Gasteiger partial charge in [-0.15, -0.1) is 0 Å². The van der Waals surface area contributed by atoms with Crippen LogP contribution in [0, 0.1) is 0 Å². The third-order valence-corrected chi connectivity index (χ3v) is 2.55. The van der Waals surface area contributed by atoms with E-state index in [9.17, 15) is 0 Å². The van der Waals surface area contributed by atoms with Crippen LogP contribution in [0.25, 0.3) is 0 Å². The second-order valence-electron chi connectivity index (χ2n) is 3.31. The first kappa shape index (κ1) is 12.1. The van der Waals surface area contributed by atoms with E-state index in [2.05, 4.69) is 54.1 Å². The van der Waals surface area contributed by atoms with Crippen LogP contribution >= 0.6 is 0 Å². The van der Waals surface area contributed by atoms with Crippen molar-refractivity contribution in [2.45, 2.75) is 0 Å². The van der Waals surface area contributed by atoms with Crippen molar-refractivity contribution in [3.05, 3.63) is 60.7 Å². The van der Waals surface area contributed by atoms with Gasteiger partial charge in [-0.1, -0.05) is 0 Å². The summed E-state index contributed by atoms with van der Waals surface area (Å²) in [6, 6.07) is 20.7. The minimum absolute atomic E-state index is 1.17. The predicted octanol–water partition coefficient (Wildman–Crippen LogP) is 0.961. The van der Waals surface area contributed by atoms with Gasteiger partial charge in [0.05, 0.1) is 0 Å². The molecule has 2 aromatic carbocycles. The standard InChI is InChI=1S/2C6H5.Li.Na/c2*1-2-4-6-5-3-1;;/h2*1-5H;;. The van der Waals surface area contributed by atoms with Gasteiger partial charge in [0.2, 0.25) is 0 Å². The fourth-order valence-corrected chi connectivity index (χ4v) is 1.45. The monoisotopic (exact) mass is 184 g/mol. The second-order valence-corrected chi connectivity index (χ2v) is 4.46. The fourth-order valence-electron chi connectivity index (χ4n) is 1.07. The number of hydrogen-bond acceptors (Lipinski definition) is 0. The Morgan fingerprint density at radius 1 is 0.714 bits per heavy atom. The van der Waals surface area contributed by atoms with Crippen LogP contribution in [-0.2, 0) is 0 Å². The van der Waals surface area contributed by atoms with Crippen LogP contribution in [0.15, 0.2) is 60.7 Å². The van der Waals surface area contributed by atoms with E-state index in [0.717, 1.165) is 0 Å². The zero-order valence-corrected chi connectivity index (χ0v) is 10.8. The molecular weight excluding hydrogens is 174 g/mol. The van der Waals surface area contributed by atoms with Crippen LogP contribution in [0.2, 0.25) is 0 Å². The van der Waals surface area contributed by atoms with Crippen LogP contribution in [0.4, 0.5) is 0 Å². The van der Waals surface area contributed by atoms with Crippen molar-refractivity contribution in [2.75, 3.05) is 0 Å². The first-order valence-electron chi connectivity index (χ1n) is 4.82. The maximum atomic E-state index is 2.15. The molecule has 0 aliphatic heterocycles. The van der Waals surface area contributed by atoms with Crippen molar-refractivity contribution < 1.29 is 0 Å². The molecule has 0 atom stereocenters. The summed E-state index contributed by atoms with van der Waals surface area (Å²) >= 11 is 3.26. The third kappa shape index (κ3) is 5.70. The molecule has 2 aromatic rings. The van der Waals surface area contributed by atoms with E-state index >= 15 is 0 Å². The molecule has 0 saturated heterocycles. The first-order valence-corrected chi connectivity index (χ1v) is 5.82. The van der Waals surface area contributed by atoms with Gasteiger partial charge in [0.1, 0.15) is 0 Å². The van der Waals surface area contributed by atoms with Gasteiger partial charge < -0.3 is 0 Å². The van der Waals surface area contributed by atoms with Gasteiger partial charge in [0.25, 0.3) is 0 Å². The molecule has 0 aliphatic rings. The van der Waals surface area contributed by atoms with Crippen molar-refractivity contribution >= 4 is 52.7 Å². The van der Waals surface area contributed by atoms with Crippen molar-refractivity contribution in [2.24, 2.45) is 0 Å². The van der Waals surface area contributed by atoms with Crippen LogP contribution in [0.5, 0.6) is 0 Å². The van der Waals surface area contributed by atoms with Gasteiger partial charge in [-0.2, -0.15) is 0 Å². The van der Waals surface area contributed by atoms with E-state index in [1.165, 1.54) is 35.0 Å². The summed E-state index contributed by atoms with van der Waals surface area (Å²) in [6.45, 7) is 0. The summed E-state index contributed by atoms with van der Waals surface area (Å²) in [5.74, 6) is 0. The normalized spacial score (nSPS) is 8.86. The van der Waals surface area contributed by atoms with Crippen molar-refractivity contribution in [3.8, 4) is 0 Å². The van der Waals surface area contributed by atoms with Crippen LogP contribution < -0.4 is 7.05 Å². The molecule has 60 valence electrons. The fraction of sp³-hybridized carbons (Fsp3) is 0. The molecular formula is C12H10LiNa. The second kappa shape index (κ2) is 7.34. The summed E-state index contributed by atoms with van der Waals surface area (Å²) in [4.78, 5) is 0. The van der Waals surface area contributed by atoms with Crippen molar-refractivity contribution in [3.63, 3.8) is 0 Å². The molecule has 0 saturated carbocycles. The van der Waals surface area contributed by atoms with E-state index in [4.69, 9.17) is 0 Å². The van der Waals surface area contributed by atoms with E-state index in [1.807, 2.05) is 24.3 Å². The molecule has 0 spiro atoms. The summed E-state index contributed by atoms with van der Waals surface area (Å²) in [5, 5.41) is 0. The molecule has 0 amide bonds. The van der Waals surface area contributed by atoms with E-state index in [-0.39, 0.29) is 0 Å². The Bertz CT molecular complexity index is 308. The predicted molar refractivity (Wildman–Crippen MR) is 63.7 cm³/mol. The molecule has 0 aliphatic carbocycles. The number of benzene rings is 2.